The Balaban J connectivity index is 2.14. The third-order valence-electron chi connectivity index (χ3n) is 3.09. The SMILES string of the molecule is CCn1cc(NC(=O)Nc2cccc(C(C)=O)c2)c(C(N)=O)n1. The van der Waals surface area contributed by atoms with Gasteiger partial charge in [-0.15, -0.1) is 0 Å². The zero-order valence-electron chi connectivity index (χ0n) is 12.8. The molecule has 1 heterocycles. The van der Waals surface area contributed by atoms with Gasteiger partial charge in [-0.2, -0.15) is 5.10 Å². The molecule has 4 N–H and O–H groups in total. The number of nitrogens with zero attached hydrogens (tertiary/aromatic N) is 2. The van der Waals surface area contributed by atoms with Crippen LogP contribution in [0.25, 0.3) is 0 Å². The minimum atomic E-state index is -0.730. The van der Waals surface area contributed by atoms with Crippen LogP contribution in [-0.4, -0.2) is 27.5 Å². The molecule has 23 heavy (non-hydrogen) atoms. The summed E-state index contributed by atoms with van der Waals surface area (Å²) in [7, 11) is 0. The van der Waals surface area contributed by atoms with Gasteiger partial charge in [-0.05, 0) is 26.0 Å². The second kappa shape index (κ2) is 6.73. The van der Waals surface area contributed by atoms with E-state index >= 15 is 0 Å². The van der Waals surface area contributed by atoms with Crippen LogP contribution in [0.2, 0.25) is 0 Å². The zero-order valence-corrected chi connectivity index (χ0v) is 12.8. The number of benzene rings is 1. The number of anilines is 2. The molecule has 3 amide bonds. The molecule has 0 spiro atoms. The lowest BCUT2D eigenvalue weighted by atomic mass is 10.1. The first-order valence-electron chi connectivity index (χ1n) is 6.97. The normalized spacial score (nSPS) is 10.2. The highest BCUT2D eigenvalue weighted by Gasteiger charge is 2.16. The van der Waals surface area contributed by atoms with E-state index in [0.29, 0.717) is 17.8 Å². The number of nitrogens with two attached hydrogens (primary N) is 1. The largest absolute Gasteiger partial charge is 0.364 e. The smallest absolute Gasteiger partial charge is 0.323 e. The fraction of sp³-hybridized carbons (Fsp3) is 0.200. The van der Waals surface area contributed by atoms with Gasteiger partial charge in [0.2, 0.25) is 0 Å². The minimum Gasteiger partial charge on any atom is -0.364 e. The summed E-state index contributed by atoms with van der Waals surface area (Å²) in [5.74, 6) is -0.833. The fourth-order valence-electron chi connectivity index (χ4n) is 1.96. The van der Waals surface area contributed by atoms with Crippen molar-refractivity contribution in [2.24, 2.45) is 5.73 Å². The van der Waals surface area contributed by atoms with Gasteiger partial charge in [0, 0.05) is 24.0 Å². The molecule has 2 aromatic rings. The summed E-state index contributed by atoms with van der Waals surface area (Å²) in [6.45, 7) is 3.82. The topological polar surface area (TPSA) is 119 Å². The summed E-state index contributed by atoms with van der Waals surface area (Å²) in [5, 5.41) is 9.09. The molecule has 0 aliphatic carbocycles. The van der Waals surface area contributed by atoms with E-state index in [4.69, 9.17) is 5.73 Å². The third kappa shape index (κ3) is 3.94. The van der Waals surface area contributed by atoms with Crippen molar-refractivity contribution in [1.82, 2.24) is 9.78 Å². The quantitative estimate of drug-likeness (QED) is 0.729. The van der Waals surface area contributed by atoms with Crippen LogP contribution in [0.5, 0.6) is 0 Å². The maximum Gasteiger partial charge on any atom is 0.323 e. The van der Waals surface area contributed by atoms with E-state index in [1.807, 2.05) is 6.92 Å². The molecule has 0 atom stereocenters. The summed E-state index contributed by atoms with van der Waals surface area (Å²) < 4.78 is 1.49. The second-order valence-electron chi connectivity index (χ2n) is 4.83. The van der Waals surface area contributed by atoms with Gasteiger partial charge in [-0.3, -0.25) is 14.3 Å². The molecule has 0 unspecified atom stereocenters. The Hall–Kier alpha value is -3.16. The van der Waals surface area contributed by atoms with Crippen LogP contribution in [0, 0.1) is 0 Å². The number of hydrogen-bond acceptors (Lipinski definition) is 4. The lowest BCUT2D eigenvalue weighted by Gasteiger charge is -2.07. The van der Waals surface area contributed by atoms with E-state index in [1.165, 1.54) is 17.8 Å². The van der Waals surface area contributed by atoms with E-state index in [1.54, 1.807) is 24.3 Å². The van der Waals surface area contributed by atoms with Gasteiger partial charge in [-0.1, -0.05) is 12.1 Å². The zero-order chi connectivity index (χ0) is 17.0. The molecular weight excluding hydrogens is 298 g/mol. The van der Waals surface area contributed by atoms with Crippen LogP contribution in [0.1, 0.15) is 34.7 Å². The highest BCUT2D eigenvalue weighted by atomic mass is 16.2. The molecule has 0 bridgehead atoms. The average molecular weight is 315 g/mol. The summed E-state index contributed by atoms with van der Waals surface area (Å²) in [5.41, 5.74) is 6.39. The molecule has 0 aliphatic heterocycles. The predicted molar refractivity (Wildman–Crippen MR) is 85.5 cm³/mol. The number of aryl methyl sites for hydroxylation is 1. The highest BCUT2D eigenvalue weighted by Crippen LogP contribution is 2.15. The van der Waals surface area contributed by atoms with Crippen molar-refractivity contribution in [3.8, 4) is 0 Å². The Morgan fingerprint density at radius 3 is 2.61 bits per heavy atom. The molecule has 120 valence electrons. The van der Waals surface area contributed by atoms with E-state index in [9.17, 15) is 14.4 Å². The van der Waals surface area contributed by atoms with Crippen molar-refractivity contribution in [3.63, 3.8) is 0 Å². The number of carbonyl (C=O) groups is 3. The summed E-state index contributed by atoms with van der Waals surface area (Å²) in [4.78, 5) is 34.7. The molecule has 0 saturated carbocycles. The van der Waals surface area contributed by atoms with Gasteiger partial charge < -0.3 is 16.4 Å². The van der Waals surface area contributed by atoms with E-state index in [-0.39, 0.29) is 17.2 Å². The Morgan fingerprint density at radius 2 is 2.00 bits per heavy atom. The van der Waals surface area contributed by atoms with E-state index in [0.717, 1.165) is 0 Å². The predicted octanol–water partition coefficient (Wildman–Crippen LogP) is 1.85. The standard InChI is InChI=1S/C15H17N5O3/c1-3-20-8-12(13(19-20)14(16)22)18-15(23)17-11-6-4-5-10(7-11)9(2)21/h4-8H,3H2,1-2H3,(H2,16,22)(H2,17,18,23). The van der Waals surface area contributed by atoms with Crippen LogP contribution >= 0.6 is 0 Å². The summed E-state index contributed by atoms with van der Waals surface area (Å²) in [6, 6.07) is 5.96. The average Bonchev–Trinajstić information content (AvgIpc) is 2.90. The van der Waals surface area contributed by atoms with Crippen LogP contribution in [0.15, 0.2) is 30.5 Å². The van der Waals surface area contributed by atoms with Gasteiger partial charge in [0.25, 0.3) is 5.91 Å². The maximum absolute atomic E-state index is 12.0. The molecule has 2 rings (SSSR count). The van der Waals surface area contributed by atoms with E-state index in [2.05, 4.69) is 15.7 Å². The number of rotatable bonds is 5. The molecule has 8 heteroatoms. The number of amides is 3. The Labute approximate surface area is 132 Å². The van der Waals surface area contributed by atoms with Crippen molar-refractivity contribution in [3.05, 3.63) is 41.7 Å². The molecule has 1 aromatic carbocycles. The summed E-state index contributed by atoms with van der Waals surface area (Å²) >= 11 is 0. The fourth-order valence-corrected chi connectivity index (χ4v) is 1.96. The molecule has 0 aliphatic rings. The Kier molecular flexibility index (Phi) is 4.75. The van der Waals surface area contributed by atoms with Crippen LogP contribution < -0.4 is 16.4 Å². The molecular formula is C15H17N5O3. The Morgan fingerprint density at radius 1 is 1.26 bits per heavy atom. The van der Waals surface area contributed by atoms with Crippen LogP contribution in [0.4, 0.5) is 16.2 Å². The first kappa shape index (κ1) is 16.2. The molecule has 0 radical (unpaired) electrons. The number of carbonyl (C=O) groups excluding carboxylic acids is 3. The molecule has 8 nitrogen and oxygen atoms in total. The number of urea groups is 1. The number of hydrogen-bond donors (Lipinski definition) is 3. The Bertz CT molecular complexity index is 766. The van der Waals surface area contributed by atoms with E-state index < -0.39 is 11.9 Å². The lowest BCUT2D eigenvalue weighted by molar-refractivity contribution is 0.0992. The third-order valence-corrected chi connectivity index (χ3v) is 3.09. The van der Waals surface area contributed by atoms with Crippen molar-refractivity contribution in [2.45, 2.75) is 20.4 Å². The molecule has 0 fully saturated rings. The van der Waals surface area contributed by atoms with Crippen molar-refractivity contribution >= 4 is 29.1 Å². The molecule has 0 saturated heterocycles. The summed E-state index contributed by atoms with van der Waals surface area (Å²) in [6.07, 6.45) is 1.52. The van der Waals surface area contributed by atoms with Gasteiger partial charge in [0.15, 0.2) is 11.5 Å². The number of nitrogens with one attached hydrogen (secondary N) is 2. The van der Waals surface area contributed by atoms with Crippen molar-refractivity contribution in [2.75, 3.05) is 10.6 Å². The van der Waals surface area contributed by atoms with Gasteiger partial charge in [0.1, 0.15) is 0 Å². The van der Waals surface area contributed by atoms with Gasteiger partial charge >= 0.3 is 6.03 Å². The highest BCUT2D eigenvalue weighted by molar-refractivity contribution is 6.05. The van der Waals surface area contributed by atoms with Crippen LogP contribution in [-0.2, 0) is 6.54 Å². The second-order valence-corrected chi connectivity index (χ2v) is 4.83. The maximum atomic E-state index is 12.0. The van der Waals surface area contributed by atoms with Gasteiger partial charge in [-0.25, -0.2) is 4.79 Å². The number of ketones is 1. The van der Waals surface area contributed by atoms with Crippen molar-refractivity contribution < 1.29 is 14.4 Å². The number of Topliss-reactive ketones (excluding diaryl/α,β-unsaturated/α-hetero) is 1. The first-order valence-corrected chi connectivity index (χ1v) is 6.97. The number of primary amides is 1. The molecule has 1 aromatic heterocycles. The monoisotopic (exact) mass is 315 g/mol. The minimum absolute atomic E-state index is 0.0144. The number of aromatic nitrogens is 2. The van der Waals surface area contributed by atoms with Crippen molar-refractivity contribution in [1.29, 1.82) is 0 Å². The lowest BCUT2D eigenvalue weighted by Crippen LogP contribution is -2.22. The van der Waals surface area contributed by atoms with Gasteiger partial charge in [0.05, 0.1) is 5.69 Å². The van der Waals surface area contributed by atoms with Crippen LogP contribution in [0.3, 0.4) is 0 Å². The first-order chi connectivity index (χ1) is 10.9.